The third-order valence-corrected chi connectivity index (χ3v) is 3.34. The highest BCUT2D eigenvalue weighted by Gasteiger charge is 2.02. The van der Waals surface area contributed by atoms with Crippen LogP contribution in [0.1, 0.15) is 11.4 Å². The van der Waals surface area contributed by atoms with Crippen molar-refractivity contribution in [1.82, 2.24) is 9.97 Å². The van der Waals surface area contributed by atoms with E-state index >= 15 is 0 Å². The second-order valence-corrected chi connectivity index (χ2v) is 5.05. The number of benzene rings is 2. The van der Waals surface area contributed by atoms with E-state index in [1.54, 1.807) is 18.3 Å². The van der Waals surface area contributed by atoms with E-state index in [0.29, 0.717) is 6.54 Å². The van der Waals surface area contributed by atoms with Gasteiger partial charge < -0.3 is 5.32 Å². The Hall–Kier alpha value is -2.75. The van der Waals surface area contributed by atoms with Crippen molar-refractivity contribution in [2.45, 2.75) is 13.5 Å². The Kier molecular flexibility index (Phi) is 4.10. The average molecular weight is 293 g/mol. The topological polar surface area (TPSA) is 37.8 Å². The largest absolute Gasteiger partial charge is 0.381 e. The Bertz CT molecular complexity index is 769. The van der Waals surface area contributed by atoms with Crippen LogP contribution in [-0.2, 0) is 6.54 Å². The van der Waals surface area contributed by atoms with Crippen molar-refractivity contribution in [3.63, 3.8) is 0 Å². The monoisotopic (exact) mass is 293 g/mol. The average Bonchev–Trinajstić information content (AvgIpc) is 2.55. The Balaban J connectivity index is 1.75. The number of hydrogen-bond donors (Lipinski definition) is 1. The molecule has 0 saturated heterocycles. The van der Waals surface area contributed by atoms with E-state index in [-0.39, 0.29) is 5.82 Å². The van der Waals surface area contributed by atoms with Gasteiger partial charge in [-0.15, -0.1) is 0 Å². The molecule has 0 unspecified atom stereocenters. The molecule has 22 heavy (non-hydrogen) atoms. The molecule has 0 saturated carbocycles. The van der Waals surface area contributed by atoms with Gasteiger partial charge in [0, 0.05) is 24.0 Å². The third-order valence-electron chi connectivity index (χ3n) is 3.34. The first-order valence-electron chi connectivity index (χ1n) is 7.09. The standard InChI is InChI=1S/C18H16FN3/c1-13-20-10-9-18(22-13)15-3-2-4-17(11-15)21-12-14-5-7-16(19)8-6-14/h2-11,21H,12H2,1H3. The zero-order valence-electron chi connectivity index (χ0n) is 12.3. The van der Waals surface area contributed by atoms with Crippen molar-refractivity contribution in [3.05, 3.63) is 78.0 Å². The van der Waals surface area contributed by atoms with Crippen LogP contribution in [0.15, 0.2) is 60.8 Å². The lowest BCUT2D eigenvalue weighted by Crippen LogP contribution is -1.99. The summed E-state index contributed by atoms with van der Waals surface area (Å²) in [6, 6.07) is 16.4. The van der Waals surface area contributed by atoms with E-state index in [1.165, 1.54) is 12.1 Å². The quantitative estimate of drug-likeness (QED) is 0.783. The molecule has 0 spiro atoms. The second-order valence-electron chi connectivity index (χ2n) is 5.05. The fourth-order valence-electron chi connectivity index (χ4n) is 2.21. The van der Waals surface area contributed by atoms with Crippen LogP contribution >= 0.6 is 0 Å². The SMILES string of the molecule is Cc1nccc(-c2cccc(NCc3ccc(F)cc3)c2)n1. The number of aromatic nitrogens is 2. The molecule has 1 N–H and O–H groups in total. The molecule has 0 fully saturated rings. The van der Waals surface area contributed by atoms with Crippen LogP contribution in [0, 0.1) is 12.7 Å². The molecule has 3 aromatic rings. The molecule has 0 bridgehead atoms. The second kappa shape index (κ2) is 6.35. The molecule has 1 heterocycles. The fourth-order valence-corrected chi connectivity index (χ4v) is 2.21. The first-order valence-corrected chi connectivity index (χ1v) is 7.09. The molecule has 0 aliphatic heterocycles. The summed E-state index contributed by atoms with van der Waals surface area (Å²) in [5, 5.41) is 3.34. The van der Waals surface area contributed by atoms with Crippen LogP contribution in [0.5, 0.6) is 0 Å². The maximum atomic E-state index is 12.9. The van der Waals surface area contributed by atoms with Crippen molar-refractivity contribution < 1.29 is 4.39 Å². The summed E-state index contributed by atoms with van der Waals surface area (Å²) < 4.78 is 12.9. The minimum Gasteiger partial charge on any atom is -0.381 e. The Morgan fingerprint density at radius 3 is 2.64 bits per heavy atom. The van der Waals surface area contributed by atoms with Crippen LogP contribution in [0.25, 0.3) is 11.3 Å². The number of halogens is 1. The zero-order valence-corrected chi connectivity index (χ0v) is 12.3. The lowest BCUT2D eigenvalue weighted by molar-refractivity contribution is 0.627. The van der Waals surface area contributed by atoms with Gasteiger partial charge in [0.15, 0.2) is 0 Å². The van der Waals surface area contributed by atoms with E-state index in [2.05, 4.69) is 15.3 Å². The van der Waals surface area contributed by atoms with Gasteiger partial charge in [-0.1, -0.05) is 24.3 Å². The highest BCUT2D eigenvalue weighted by molar-refractivity contribution is 5.64. The van der Waals surface area contributed by atoms with Crippen molar-refractivity contribution >= 4 is 5.69 Å². The summed E-state index contributed by atoms with van der Waals surface area (Å²) in [4.78, 5) is 8.55. The van der Waals surface area contributed by atoms with E-state index in [9.17, 15) is 4.39 Å². The number of aryl methyl sites for hydroxylation is 1. The van der Waals surface area contributed by atoms with Gasteiger partial charge in [-0.05, 0) is 42.8 Å². The third kappa shape index (κ3) is 3.47. The van der Waals surface area contributed by atoms with Crippen molar-refractivity contribution in [1.29, 1.82) is 0 Å². The lowest BCUT2D eigenvalue weighted by atomic mass is 10.1. The molecule has 2 aromatic carbocycles. The summed E-state index contributed by atoms with van der Waals surface area (Å²) in [5.74, 6) is 0.534. The number of hydrogen-bond acceptors (Lipinski definition) is 3. The number of nitrogens with one attached hydrogen (secondary N) is 1. The summed E-state index contributed by atoms with van der Waals surface area (Å²) >= 11 is 0. The Morgan fingerprint density at radius 2 is 1.86 bits per heavy atom. The van der Waals surface area contributed by atoms with Crippen molar-refractivity contribution in [2.24, 2.45) is 0 Å². The molecular weight excluding hydrogens is 277 g/mol. The summed E-state index contributed by atoms with van der Waals surface area (Å²) in [6.07, 6.45) is 1.76. The first kappa shape index (κ1) is 14.2. The van der Waals surface area contributed by atoms with E-state index in [0.717, 1.165) is 28.3 Å². The van der Waals surface area contributed by atoms with Gasteiger partial charge in [-0.2, -0.15) is 0 Å². The van der Waals surface area contributed by atoms with Crippen LogP contribution in [-0.4, -0.2) is 9.97 Å². The first-order chi connectivity index (χ1) is 10.7. The van der Waals surface area contributed by atoms with Gasteiger partial charge in [0.2, 0.25) is 0 Å². The van der Waals surface area contributed by atoms with Crippen LogP contribution in [0.4, 0.5) is 10.1 Å². The highest BCUT2D eigenvalue weighted by atomic mass is 19.1. The minimum absolute atomic E-state index is 0.218. The normalized spacial score (nSPS) is 10.5. The predicted molar refractivity (Wildman–Crippen MR) is 85.9 cm³/mol. The van der Waals surface area contributed by atoms with E-state index in [4.69, 9.17) is 0 Å². The molecule has 3 nitrogen and oxygen atoms in total. The molecule has 0 amide bonds. The summed E-state index contributed by atoms with van der Waals surface area (Å²) in [7, 11) is 0. The van der Waals surface area contributed by atoms with Gasteiger partial charge in [-0.25, -0.2) is 14.4 Å². The lowest BCUT2D eigenvalue weighted by Gasteiger charge is -2.09. The molecular formula is C18H16FN3. The molecule has 110 valence electrons. The zero-order chi connectivity index (χ0) is 15.4. The molecule has 0 radical (unpaired) electrons. The van der Waals surface area contributed by atoms with Crippen molar-refractivity contribution in [2.75, 3.05) is 5.32 Å². The summed E-state index contributed by atoms with van der Waals surface area (Å²) in [6.45, 7) is 2.52. The van der Waals surface area contributed by atoms with Gasteiger partial charge in [0.25, 0.3) is 0 Å². The fraction of sp³-hybridized carbons (Fsp3) is 0.111. The van der Waals surface area contributed by atoms with Gasteiger partial charge in [0.1, 0.15) is 11.6 Å². The number of nitrogens with zero attached hydrogens (tertiary/aromatic N) is 2. The Labute approximate surface area is 128 Å². The predicted octanol–water partition coefficient (Wildman–Crippen LogP) is 4.20. The van der Waals surface area contributed by atoms with Crippen LogP contribution < -0.4 is 5.32 Å². The maximum absolute atomic E-state index is 12.9. The van der Waals surface area contributed by atoms with Crippen LogP contribution in [0.2, 0.25) is 0 Å². The molecule has 4 heteroatoms. The maximum Gasteiger partial charge on any atom is 0.125 e. The minimum atomic E-state index is -0.218. The number of rotatable bonds is 4. The van der Waals surface area contributed by atoms with Gasteiger partial charge >= 0.3 is 0 Å². The van der Waals surface area contributed by atoms with Crippen LogP contribution in [0.3, 0.4) is 0 Å². The molecule has 0 aliphatic rings. The van der Waals surface area contributed by atoms with Crippen molar-refractivity contribution in [3.8, 4) is 11.3 Å². The van der Waals surface area contributed by atoms with E-state index in [1.807, 2.05) is 37.3 Å². The smallest absolute Gasteiger partial charge is 0.125 e. The summed E-state index contributed by atoms with van der Waals surface area (Å²) in [5.41, 5.74) is 3.97. The molecule has 0 aliphatic carbocycles. The molecule has 3 rings (SSSR count). The van der Waals surface area contributed by atoms with Gasteiger partial charge in [-0.3, -0.25) is 0 Å². The van der Waals surface area contributed by atoms with E-state index < -0.39 is 0 Å². The number of anilines is 1. The molecule has 1 aromatic heterocycles. The molecule has 0 atom stereocenters. The highest BCUT2D eigenvalue weighted by Crippen LogP contribution is 2.21. The van der Waals surface area contributed by atoms with Gasteiger partial charge in [0.05, 0.1) is 5.69 Å². The Morgan fingerprint density at radius 1 is 1.05 bits per heavy atom.